The normalized spacial score (nSPS) is 15.4. The zero-order valence-electron chi connectivity index (χ0n) is 26.1. The molecule has 3 aromatic rings. The van der Waals surface area contributed by atoms with Gasteiger partial charge in [0.1, 0.15) is 19.2 Å². The SMILES string of the molecule is COC(=O)c1ccc2cc(-c3nn(COCC[Si](C)(C)C)c4c3CCC(C)(C)C4)n(COCC[Si](C)(C)C)c2c1. The van der Waals surface area contributed by atoms with E-state index in [1.807, 2.05) is 18.2 Å². The van der Waals surface area contributed by atoms with Crippen LogP contribution in [0.25, 0.3) is 22.3 Å². The van der Waals surface area contributed by atoms with Gasteiger partial charge in [0.2, 0.25) is 0 Å². The van der Waals surface area contributed by atoms with Crippen molar-refractivity contribution < 1.29 is 19.0 Å². The molecule has 0 fully saturated rings. The van der Waals surface area contributed by atoms with Gasteiger partial charge in [-0.15, -0.1) is 0 Å². The molecule has 9 heteroatoms. The number of rotatable bonds is 12. The summed E-state index contributed by atoms with van der Waals surface area (Å²) >= 11 is 0. The molecule has 2 aromatic heterocycles. The Hall–Kier alpha value is -2.21. The molecule has 0 aliphatic heterocycles. The van der Waals surface area contributed by atoms with E-state index in [1.54, 1.807) is 0 Å². The molecular formula is C31H49N3O4Si2. The van der Waals surface area contributed by atoms with Crippen LogP contribution < -0.4 is 0 Å². The van der Waals surface area contributed by atoms with Crippen LogP contribution in [0.15, 0.2) is 24.3 Å². The first kappa shape index (κ1) is 30.7. The number of benzene rings is 1. The number of fused-ring (bicyclic) bond motifs is 2. The van der Waals surface area contributed by atoms with Gasteiger partial charge in [0.25, 0.3) is 0 Å². The van der Waals surface area contributed by atoms with Crippen LogP contribution in [0.5, 0.6) is 0 Å². The molecule has 220 valence electrons. The van der Waals surface area contributed by atoms with E-state index in [-0.39, 0.29) is 11.4 Å². The number of hydrogen-bond acceptors (Lipinski definition) is 5. The molecule has 1 aliphatic rings. The van der Waals surface area contributed by atoms with Crippen molar-refractivity contribution in [3.63, 3.8) is 0 Å². The smallest absolute Gasteiger partial charge is 0.337 e. The second-order valence-corrected chi connectivity index (χ2v) is 25.8. The van der Waals surface area contributed by atoms with Crippen molar-refractivity contribution in [3.05, 3.63) is 41.1 Å². The van der Waals surface area contributed by atoms with E-state index in [4.69, 9.17) is 19.3 Å². The fraction of sp³-hybridized carbons (Fsp3) is 0.613. The summed E-state index contributed by atoms with van der Waals surface area (Å²) in [6.45, 7) is 21.3. The van der Waals surface area contributed by atoms with Crippen LogP contribution in [0.4, 0.5) is 0 Å². The van der Waals surface area contributed by atoms with Gasteiger partial charge in [-0.25, -0.2) is 9.48 Å². The van der Waals surface area contributed by atoms with Crippen LogP contribution in [-0.4, -0.2) is 56.8 Å². The summed E-state index contributed by atoms with van der Waals surface area (Å²) in [5.41, 5.74) is 6.34. The van der Waals surface area contributed by atoms with E-state index in [2.05, 4.69) is 68.4 Å². The molecule has 0 atom stereocenters. The predicted octanol–water partition coefficient (Wildman–Crippen LogP) is 7.43. The molecule has 4 rings (SSSR count). The number of ether oxygens (including phenoxy) is 3. The van der Waals surface area contributed by atoms with E-state index in [0.717, 1.165) is 66.9 Å². The number of aromatic nitrogens is 3. The molecule has 0 amide bonds. The minimum absolute atomic E-state index is 0.225. The Morgan fingerprint density at radius 2 is 1.62 bits per heavy atom. The lowest BCUT2D eigenvalue weighted by Crippen LogP contribution is -2.25. The highest BCUT2D eigenvalue weighted by Gasteiger charge is 2.32. The monoisotopic (exact) mass is 583 g/mol. The molecule has 0 radical (unpaired) electrons. The van der Waals surface area contributed by atoms with Gasteiger partial charge in [0.05, 0.1) is 23.9 Å². The van der Waals surface area contributed by atoms with E-state index >= 15 is 0 Å². The Bertz CT molecular complexity index is 1350. The van der Waals surface area contributed by atoms with Crippen molar-refractivity contribution in [1.82, 2.24) is 14.3 Å². The van der Waals surface area contributed by atoms with Crippen LogP contribution in [0.3, 0.4) is 0 Å². The van der Waals surface area contributed by atoms with Crippen LogP contribution >= 0.6 is 0 Å². The summed E-state index contributed by atoms with van der Waals surface area (Å²) in [7, 11) is -0.967. The first-order valence-electron chi connectivity index (χ1n) is 14.6. The highest BCUT2D eigenvalue weighted by atomic mass is 28.3. The van der Waals surface area contributed by atoms with Gasteiger partial charge in [-0.3, -0.25) is 0 Å². The Balaban J connectivity index is 1.75. The summed E-state index contributed by atoms with van der Waals surface area (Å²) in [6.07, 6.45) is 3.08. The van der Waals surface area contributed by atoms with Crippen molar-refractivity contribution in [2.75, 3.05) is 20.3 Å². The molecule has 0 bridgehead atoms. The highest BCUT2D eigenvalue weighted by Crippen LogP contribution is 2.40. The first-order valence-corrected chi connectivity index (χ1v) is 22.0. The molecule has 7 nitrogen and oxygen atoms in total. The maximum atomic E-state index is 12.4. The van der Waals surface area contributed by atoms with Crippen LogP contribution in [0, 0.1) is 5.41 Å². The summed E-state index contributed by atoms with van der Waals surface area (Å²) in [5.74, 6) is -0.338. The van der Waals surface area contributed by atoms with Gasteiger partial charge in [-0.1, -0.05) is 59.2 Å². The van der Waals surface area contributed by atoms with Gasteiger partial charge in [-0.05, 0) is 55.0 Å². The van der Waals surface area contributed by atoms with E-state index in [0.29, 0.717) is 19.0 Å². The predicted molar refractivity (Wildman–Crippen MR) is 169 cm³/mol. The van der Waals surface area contributed by atoms with Crippen molar-refractivity contribution in [2.45, 2.75) is 97.9 Å². The lowest BCUT2D eigenvalue weighted by molar-refractivity contribution is 0.0600. The third-order valence-electron chi connectivity index (χ3n) is 7.86. The molecule has 0 N–H and O–H groups in total. The fourth-order valence-corrected chi connectivity index (χ4v) is 6.72. The van der Waals surface area contributed by atoms with Crippen LogP contribution in [0.2, 0.25) is 51.4 Å². The number of nitrogens with zero attached hydrogens (tertiary/aromatic N) is 3. The largest absolute Gasteiger partial charge is 0.465 e. The number of carbonyl (C=O) groups is 1. The molecule has 40 heavy (non-hydrogen) atoms. The van der Waals surface area contributed by atoms with Crippen LogP contribution in [0.1, 0.15) is 41.9 Å². The minimum atomic E-state index is -1.22. The number of carbonyl (C=O) groups excluding carboxylic acids is 1. The Morgan fingerprint density at radius 1 is 0.975 bits per heavy atom. The lowest BCUT2D eigenvalue weighted by atomic mass is 9.76. The zero-order chi connectivity index (χ0) is 29.3. The maximum absolute atomic E-state index is 12.4. The maximum Gasteiger partial charge on any atom is 0.337 e. The van der Waals surface area contributed by atoms with E-state index in [9.17, 15) is 4.79 Å². The van der Waals surface area contributed by atoms with Crippen molar-refractivity contribution in [3.8, 4) is 11.4 Å². The molecular weight excluding hydrogens is 535 g/mol. The molecule has 1 aliphatic carbocycles. The second-order valence-electron chi connectivity index (χ2n) is 14.5. The van der Waals surface area contributed by atoms with Gasteiger partial charge >= 0.3 is 5.97 Å². The zero-order valence-corrected chi connectivity index (χ0v) is 28.1. The lowest BCUT2D eigenvalue weighted by Gasteiger charge is -2.30. The van der Waals surface area contributed by atoms with Crippen molar-refractivity contribution in [2.24, 2.45) is 5.41 Å². The second kappa shape index (κ2) is 12.0. The summed E-state index contributed by atoms with van der Waals surface area (Å²) in [5, 5.41) is 6.26. The fourth-order valence-electron chi connectivity index (χ4n) is 5.21. The summed E-state index contributed by atoms with van der Waals surface area (Å²) in [4.78, 5) is 12.4. The third-order valence-corrected chi connectivity index (χ3v) is 11.3. The first-order chi connectivity index (χ1) is 18.7. The summed E-state index contributed by atoms with van der Waals surface area (Å²) < 4.78 is 21.8. The molecule has 0 saturated heterocycles. The molecule has 0 saturated carbocycles. The molecule has 1 aromatic carbocycles. The van der Waals surface area contributed by atoms with E-state index in [1.165, 1.54) is 18.4 Å². The average molecular weight is 584 g/mol. The molecule has 0 spiro atoms. The van der Waals surface area contributed by atoms with Gasteiger partial charge < -0.3 is 18.8 Å². The van der Waals surface area contributed by atoms with Crippen molar-refractivity contribution in [1.29, 1.82) is 0 Å². The minimum Gasteiger partial charge on any atom is -0.465 e. The Kier molecular flexibility index (Phi) is 9.19. The number of esters is 1. The van der Waals surface area contributed by atoms with Crippen LogP contribution in [-0.2, 0) is 40.5 Å². The van der Waals surface area contributed by atoms with E-state index < -0.39 is 16.1 Å². The Labute approximate surface area is 242 Å². The van der Waals surface area contributed by atoms with Gasteiger partial charge in [0, 0.05) is 46.0 Å². The number of hydrogen-bond donors (Lipinski definition) is 0. The standard InChI is InChI=1S/C31H49N3O4Si2/c1-31(2)13-12-25-28(20-31)34(22-38-15-17-40(7,8)9)32-29(25)27-18-23-10-11-24(30(35)36-3)19-26(23)33(27)21-37-14-16-39(4,5)6/h10-11,18-19H,12-17,20-22H2,1-9H3. The molecule has 2 heterocycles. The highest BCUT2D eigenvalue weighted by molar-refractivity contribution is 6.76. The van der Waals surface area contributed by atoms with Gasteiger partial charge in [-0.2, -0.15) is 5.10 Å². The Morgan fingerprint density at radius 3 is 2.25 bits per heavy atom. The average Bonchev–Trinajstić information content (AvgIpc) is 3.39. The third kappa shape index (κ3) is 7.54. The number of methoxy groups -OCH3 is 1. The summed E-state index contributed by atoms with van der Waals surface area (Å²) in [6, 6.07) is 10.2. The topological polar surface area (TPSA) is 67.5 Å². The van der Waals surface area contributed by atoms with Gasteiger partial charge in [0.15, 0.2) is 0 Å². The quantitative estimate of drug-likeness (QED) is 0.126. The molecule has 0 unspecified atom stereocenters. The van der Waals surface area contributed by atoms with Crippen molar-refractivity contribution >= 4 is 33.0 Å².